The first-order valence-electron chi connectivity index (χ1n) is 5.09. The van der Waals surface area contributed by atoms with Gasteiger partial charge in [-0.2, -0.15) is 5.10 Å². The molecule has 0 saturated carbocycles. The van der Waals surface area contributed by atoms with Crippen LogP contribution in [0.5, 0.6) is 0 Å². The van der Waals surface area contributed by atoms with Gasteiger partial charge in [-0.15, -0.1) is 0 Å². The molecule has 0 radical (unpaired) electrons. The van der Waals surface area contributed by atoms with Crippen molar-refractivity contribution in [2.75, 3.05) is 0 Å². The maximum atomic E-state index is 12.2. The molecule has 0 bridgehead atoms. The van der Waals surface area contributed by atoms with Gasteiger partial charge in [0.25, 0.3) is 0 Å². The molecule has 0 aliphatic carbocycles. The maximum absolute atomic E-state index is 12.2. The summed E-state index contributed by atoms with van der Waals surface area (Å²) in [5.41, 5.74) is 0.459. The number of ketones is 1. The molecule has 0 aliphatic heterocycles. The van der Waals surface area contributed by atoms with Crippen molar-refractivity contribution in [2.24, 2.45) is 0 Å². The third kappa shape index (κ3) is 3.04. The molecule has 94 valence electrons. The van der Waals surface area contributed by atoms with Crippen molar-refractivity contribution >= 4 is 40.7 Å². The molecule has 1 atom stereocenters. The summed E-state index contributed by atoms with van der Waals surface area (Å²) < 4.78 is 0. The Morgan fingerprint density at radius 2 is 2.22 bits per heavy atom. The topological polar surface area (TPSA) is 58.6 Å². The van der Waals surface area contributed by atoms with Gasteiger partial charge in [0.05, 0.1) is 10.3 Å². The van der Waals surface area contributed by atoms with Gasteiger partial charge in [-0.3, -0.25) is 9.89 Å². The summed E-state index contributed by atoms with van der Waals surface area (Å²) in [6, 6.07) is 4.83. The van der Waals surface area contributed by atoms with Crippen LogP contribution in [0.2, 0.25) is 10.0 Å². The minimum atomic E-state index is -0.309. The number of aromatic amines is 1. The lowest BCUT2D eigenvalue weighted by Gasteiger charge is -2.09. The fraction of sp³-hybridized carbons (Fsp3) is 0.182. The Morgan fingerprint density at radius 3 is 2.83 bits per heavy atom. The lowest BCUT2D eigenvalue weighted by molar-refractivity contribution is 0.0994. The van der Waals surface area contributed by atoms with Crippen molar-refractivity contribution in [1.82, 2.24) is 15.2 Å². The molecule has 0 saturated heterocycles. The van der Waals surface area contributed by atoms with Crippen molar-refractivity contribution in [3.05, 3.63) is 40.1 Å². The highest BCUT2D eigenvalue weighted by Crippen LogP contribution is 2.27. The van der Waals surface area contributed by atoms with Crippen LogP contribution in [-0.4, -0.2) is 26.2 Å². The van der Waals surface area contributed by atoms with Crippen LogP contribution in [0.1, 0.15) is 17.3 Å². The highest BCUT2D eigenvalue weighted by Gasteiger charge is 2.20. The fourth-order valence-electron chi connectivity index (χ4n) is 1.38. The average molecular weight is 302 g/mol. The lowest BCUT2D eigenvalue weighted by atomic mass is 10.1. The Hall–Kier alpha value is -1.04. The number of nitrogens with one attached hydrogen (secondary N) is 1. The van der Waals surface area contributed by atoms with E-state index in [0.717, 1.165) is 0 Å². The molecule has 0 aliphatic rings. The lowest BCUT2D eigenvalue weighted by Crippen LogP contribution is -2.14. The van der Waals surface area contributed by atoms with Crippen LogP contribution < -0.4 is 0 Å². The number of thioether (sulfide) groups is 1. The predicted octanol–water partition coefficient (Wildman–Crippen LogP) is 3.48. The zero-order valence-corrected chi connectivity index (χ0v) is 11.7. The second kappa shape index (κ2) is 5.73. The zero-order valence-electron chi connectivity index (χ0n) is 9.35. The summed E-state index contributed by atoms with van der Waals surface area (Å²) in [6.45, 7) is 1.79. The monoisotopic (exact) mass is 301 g/mol. The fourth-order valence-corrected chi connectivity index (χ4v) is 2.66. The van der Waals surface area contributed by atoms with Gasteiger partial charge in [-0.1, -0.05) is 35.0 Å². The van der Waals surface area contributed by atoms with Crippen molar-refractivity contribution in [2.45, 2.75) is 17.3 Å². The third-order valence-electron chi connectivity index (χ3n) is 2.25. The number of H-pyrrole nitrogens is 1. The standard InChI is InChI=1S/C11H9Cl2N3OS/c1-6(18-11-14-5-15-16-11)10(17)8-3-2-7(12)4-9(8)13/h2-6H,1H3,(H,14,15,16). The molecule has 0 spiro atoms. The normalized spacial score (nSPS) is 12.4. The van der Waals surface area contributed by atoms with Crippen LogP contribution in [0.15, 0.2) is 29.7 Å². The number of aromatic nitrogens is 3. The molecule has 0 amide bonds. The van der Waals surface area contributed by atoms with Gasteiger partial charge in [0.2, 0.25) is 0 Å². The summed E-state index contributed by atoms with van der Waals surface area (Å²) >= 11 is 13.1. The van der Waals surface area contributed by atoms with E-state index in [-0.39, 0.29) is 11.0 Å². The van der Waals surface area contributed by atoms with Crippen LogP contribution in [0.3, 0.4) is 0 Å². The molecular formula is C11H9Cl2N3OS. The van der Waals surface area contributed by atoms with E-state index in [1.54, 1.807) is 25.1 Å². The number of rotatable bonds is 4. The number of hydrogen-bond acceptors (Lipinski definition) is 4. The van der Waals surface area contributed by atoms with Crippen molar-refractivity contribution in [3.8, 4) is 0 Å². The molecule has 1 aromatic carbocycles. The number of hydrogen-bond donors (Lipinski definition) is 1. The Balaban J connectivity index is 2.15. The molecule has 4 nitrogen and oxygen atoms in total. The highest BCUT2D eigenvalue weighted by atomic mass is 35.5. The van der Waals surface area contributed by atoms with E-state index in [0.29, 0.717) is 20.8 Å². The largest absolute Gasteiger partial charge is 0.293 e. The second-order valence-corrected chi connectivity index (χ2v) is 5.71. The van der Waals surface area contributed by atoms with Crippen LogP contribution in [0.25, 0.3) is 0 Å². The first kappa shape index (κ1) is 13.4. The average Bonchev–Trinajstić information content (AvgIpc) is 2.81. The number of Topliss-reactive ketones (excluding diaryl/α,β-unsaturated/α-hetero) is 1. The van der Waals surface area contributed by atoms with Gasteiger partial charge in [0.1, 0.15) is 6.33 Å². The minimum absolute atomic E-state index is 0.0712. The second-order valence-electron chi connectivity index (χ2n) is 3.54. The molecule has 7 heteroatoms. The first-order valence-corrected chi connectivity index (χ1v) is 6.73. The van der Waals surface area contributed by atoms with Crippen molar-refractivity contribution < 1.29 is 4.79 Å². The smallest absolute Gasteiger partial charge is 0.184 e. The van der Waals surface area contributed by atoms with E-state index in [1.165, 1.54) is 18.1 Å². The van der Waals surface area contributed by atoms with Crippen molar-refractivity contribution in [3.63, 3.8) is 0 Å². The molecule has 2 rings (SSSR count). The number of nitrogens with zero attached hydrogens (tertiary/aromatic N) is 2. The summed E-state index contributed by atoms with van der Waals surface area (Å²) in [5, 5.41) is 7.57. The maximum Gasteiger partial charge on any atom is 0.184 e. The Labute approximate surface area is 118 Å². The third-order valence-corrected chi connectivity index (χ3v) is 3.78. The Kier molecular flexibility index (Phi) is 4.27. The first-order chi connectivity index (χ1) is 8.58. The van der Waals surface area contributed by atoms with Crippen molar-refractivity contribution in [1.29, 1.82) is 0 Å². The summed E-state index contributed by atoms with van der Waals surface area (Å²) in [4.78, 5) is 16.2. The Morgan fingerprint density at radius 1 is 1.44 bits per heavy atom. The van der Waals surface area contributed by atoms with Gasteiger partial charge in [0, 0.05) is 10.6 Å². The quantitative estimate of drug-likeness (QED) is 0.694. The summed E-state index contributed by atoms with van der Waals surface area (Å²) in [5.74, 6) is -0.0712. The van der Waals surface area contributed by atoms with Gasteiger partial charge in [-0.25, -0.2) is 4.98 Å². The van der Waals surface area contributed by atoms with Crippen LogP contribution >= 0.6 is 35.0 Å². The molecule has 1 N–H and O–H groups in total. The van der Waals surface area contributed by atoms with E-state index in [9.17, 15) is 4.79 Å². The highest BCUT2D eigenvalue weighted by molar-refractivity contribution is 8.00. The van der Waals surface area contributed by atoms with Gasteiger partial charge in [0.15, 0.2) is 10.9 Å². The van der Waals surface area contributed by atoms with Crippen LogP contribution in [0, 0.1) is 0 Å². The number of halogens is 2. The van der Waals surface area contributed by atoms with Crippen LogP contribution in [0.4, 0.5) is 0 Å². The molecule has 1 unspecified atom stereocenters. The van der Waals surface area contributed by atoms with Crippen LogP contribution in [-0.2, 0) is 0 Å². The minimum Gasteiger partial charge on any atom is -0.293 e. The molecule has 18 heavy (non-hydrogen) atoms. The SMILES string of the molecule is CC(Sc1ncn[nH]1)C(=O)c1ccc(Cl)cc1Cl. The number of carbonyl (C=O) groups excluding carboxylic acids is 1. The zero-order chi connectivity index (χ0) is 13.1. The van der Waals surface area contributed by atoms with Gasteiger partial charge < -0.3 is 0 Å². The number of carbonyl (C=O) groups is 1. The molecule has 2 aromatic rings. The predicted molar refractivity (Wildman–Crippen MR) is 72.5 cm³/mol. The molecular weight excluding hydrogens is 293 g/mol. The molecule has 0 fully saturated rings. The van der Waals surface area contributed by atoms with E-state index in [4.69, 9.17) is 23.2 Å². The summed E-state index contributed by atoms with van der Waals surface area (Å²) in [7, 11) is 0. The Bertz CT molecular complexity index is 559. The molecule has 1 heterocycles. The summed E-state index contributed by atoms with van der Waals surface area (Å²) in [6.07, 6.45) is 1.40. The molecule has 1 aromatic heterocycles. The van der Waals surface area contributed by atoms with E-state index < -0.39 is 0 Å². The van der Waals surface area contributed by atoms with E-state index in [2.05, 4.69) is 15.2 Å². The number of benzene rings is 1. The van der Waals surface area contributed by atoms with Gasteiger partial charge in [-0.05, 0) is 25.1 Å². The van der Waals surface area contributed by atoms with E-state index in [1.807, 2.05) is 0 Å². The van der Waals surface area contributed by atoms with E-state index >= 15 is 0 Å². The van der Waals surface area contributed by atoms with Gasteiger partial charge >= 0.3 is 0 Å².